The van der Waals surface area contributed by atoms with Crippen molar-refractivity contribution < 1.29 is 9.59 Å². The Morgan fingerprint density at radius 3 is 2.55 bits per heavy atom. The average molecular weight is 272 g/mol. The second kappa shape index (κ2) is 4.93. The van der Waals surface area contributed by atoms with Crippen molar-refractivity contribution >= 4 is 11.8 Å². The van der Waals surface area contributed by atoms with Crippen LogP contribution in [0, 0.1) is 5.41 Å². The van der Waals surface area contributed by atoms with Gasteiger partial charge in [-0.2, -0.15) is 0 Å². The fourth-order valence-electron chi connectivity index (χ4n) is 3.11. The quantitative estimate of drug-likeness (QED) is 0.913. The van der Waals surface area contributed by atoms with E-state index >= 15 is 0 Å². The van der Waals surface area contributed by atoms with Crippen LogP contribution in [0.25, 0.3) is 0 Å². The number of nitrogens with one attached hydrogen (secondary N) is 1. The third-order valence-electron chi connectivity index (χ3n) is 4.46. The molecule has 1 unspecified atom stereocenters. The molecule has 1 aliphatic heterocycles. The van der Waals surface area contributed by atoms with E-state index in [0.717, 1.165) is 18.4 Å². The molecule has 1 aromatic rings. The molecule has 0 aromatic heterocycles. The molecule has 0 spiro atoms. The smallest absolute Gasteiger partial charge is 0.250 e. The lowest BCUT2D eigenvalue weighted by Gasteiger charge is -2.44. The fraction of sp³-hybridized carbons (Fsp3) is 0.500. The van der Waals surface area contributed by atoms with Gasteiger partial charge in [0.1, 0.15) is 6.04 Å². The molecule has 1 heterocycles. The first kappa shape index (κ1) is 13.2. The normalized spacial score (nSPS) is 25.1. The molecule has 20 heavy (non-hydrogen) atoms. The number of hydrogen-bond acceptors (Lipinski definition) is 2. The van der Waals surface area contributed by atoms with Crippen LogP contribution in [-0.4, -0.2) is 29.8 Å². The molecule has 2 fully saturated rings. The van der Waals surface area contributed by atoms with Crippen LogP contribution in [0.15, 0.2) is 30.3 Å². The number of nitrogens with zero attached hydrogens (tertiary/aromatic N) is 1. The summed E-state index contributed by atoms with van der Waals surface area (Å²) in [6.45, 7) is 3.09. The van der Waals surface area contributed by atoms with Crippen LogP contribution in [0.2, 0.25) is 0 Å². The summed E-state index contributed by atoms with van der Waals surface area (Å²) in [5.41, 5.74) is 1.06. The summed E-state index contributed by atoms with van der Waals surface area (Å²) in [6.07, 6.45) is 3.52. The maximum atomic E-state index is 12.6. The number of benzene rings is 1. The highest BCUT2D eigenvalue weighted by Crippen LogP contribution is 2.41. The second-order valence-electron chi connectivity index (χ2n) is 6.27. The lowest BCUT2D eigenvalue weighted by molar-refractivity contribution is -0.146. The monoisotopic (exact) mass is 272 g/mol. The van der Waals surface area contributed by atoms with Gasteiger partial charge in [-0.15, -0.1) is 0 Å². The molecule has 1 N–H and O–H groups in total. The van der Waals surface area contributed by atoms with Gasteiger partial charge in [0.2, 0.25) is 11.8 Å². The summed E-state index contributed by atoms with van der Waals surface area (Å²) in [5, 5.41) is 2.80. The second-order valence-corrected chi connectivity index (χ2v) is 6.27. The molecule has 4 nitrogen and oxygen atoms in total. The number of amides is 2. The van der Waals surface area contributed by atoms with Crippen LogP contribution in [-0.2, 0) is 9.59 Å². The Morgan fingerprint density at radius 2 is 1.95 bits per heavy atom. The van der Waals surface area contributed by atoms with Crippen LogP contribution < -0.4 is 5.32 Å². The topological polar surface area (TPSA) is 49.4 Å². The lowest BCUT2D eigenvalue weighted by Crippen LogP contribution is -2.56. The van der Waals surface area contributed by atoms with Crippen LogP contribution in [0.5, 0.6) is 0 Å². The summed E-state index contributed by atoms with van der Waals surface area (Å²) in [7, 11) is 0. The third kappa shape index (κ3) is 2.42. The number of carbonyl (C=O) groups excluding carboxylic acids is 2. The van der Waals surface area contributed by atoms with Crippen LogP contribution >= 0.6 is 0 Å². The van der Waals surface area contributed by atoms with Crippen molar-refractivity contribution in [2.24, 2.45) is 5.41 Å². The molecule has 1 saturated carbocycles. The molecule has 1 saturated heterocycles. The van der Waals surface area contributed by atoms with Crippen LogP contribution in [0.3, 0.4) is 0 Å². The SMILES string of the molecule is CC1(CN2CC(=O)NC(c3ccccc3)C2=O)CCC1. The van der Waals surface area contributed by atoms with Gasteiger partial charge in [0.15, 0.2) is 0 Å². The first-order valence-corrected chi connectivity index (χ1v) is 7.21. The zero-order valence-electron chi connectivity index (χ0n) is 11.8. The third-order valence-corrected chi connectivity index (χ3v) is 4.46. The number of carbonyl (C=O) groups is 2. The van der Waals surface area contributed by atoms with Crippen molar-refractivity contribution in [3.63, 3.8) is 0 Å². The van der Waals surface area contributed by atoms with Gasteiger partial charge in [0, 0.05) is 6.54 Å². The molecule has 106 valence electrons. The Bertz CT molecular complexity index is 523. The van der Waals surface area contributed by atoms with Gasteiger partial charge in [0.25, 0.3) is 0 Å². The molecule has 2 aliphatic rings. The number of rotatable bonds is 3. The van der Waals surface area contributed by atoms with Crippen molar-refractivity contribution in [2.75, 3.05) is 13.1 Å². The molecular weight excluding hydrogens is 252 g/mol. The molecule has 0 bridgehead atoms. The molecule has 0 radical (unpaired) electrons. The van der Waals surface area contributed by atoms with Crippen molar-refractivity contribution in [1.82, 2.24) is 10.2 Å². The Labute approximate surface area is 119 Å². The zero-order chi connectivity index (χ0) is 14.2. The number of piperazine rings is 1. The van der Waals surface area contributed by atoms with E-state index < -0.39 is 6.04 Å². The maximum absolute atomic E-state index is 12.6. The predicted molar refractivity (Wildman–Crippen MR) is 75.9 cm³/mol. The first-order chi connectivity index (χ1) is 9.57. The standard InChI is InChI=1S/C16H20N2O2/c1-16(8-5-9-16)11-18-10-13(19)17-14(15(18)20)12-6-3-2-4-7-12/h2-4,6-7,14H,5,8-11H2,1H3,(H,17,19). The van der Waals surface area contributed by atoms with E-state index in [1.54, 1.807) is 4.90 Å². The molecular formula is C16H20N2O2. The van der Waals surface area contributed by atoms with Gasteiger partial charge >= 0.3 is 0 Å². The highest BCUT2D eigenvalue weighted by molar-refractivity contribution is 5.95. The van der Waals surface area contributed by atoms with Crippen molar-refractivity contribution in [2.45, 2.75) is 32.2 Å². The average Bonchev–Trinajstić information content (AvgIpc) is 2.41. The van der Waals surface area contributed by atoms with Gasteiger partial charge in [-0.25, -0.2) is 0 Å². The molecule has 3 rings (SSSR count). The van der Waals surface area contributed by atoms with Gasteiger partial charge in [-0.05, 0) is 23.8 Å². The molecule has 4 heteroatoms. The van der Waals surface area contributed by atoms with E-state index in [2.05, 4.69) is 12.2 Å². The Hall–Kier alpha value is -1.84. The van der Waals surface area contributed by atoms with E-state index in [1.807, 2.05) is 30.3 Å². The highest BCUT2D eigenvalue weighted by Gasteiger charge is 2.40. The lowest BCUT2D eigenvalue weighted by atomic mass is 9.70. The fourth-order valence-corrected chi connectivity index (χ4v) is 3.11. The first-order valence-electron chi connectivity index (χ1n) is 7.21. The summed E-state index contributed by atoms with van der Waals surface area (Å²) in [6, 6.07) is 8.93. The molecule has 1 atom stereocenters. The molecule has 1 aliphatic carbocycles. The van der Waals surface area contributed by atoms with Gasteiger partial charge in [-0.3, -0.25) is 9.59 Å². The Morgan fingerprint density at radius 1 is 1.25 bits per heavy atom. The van der Waals surface area contributed by atoms with Crippen LogP contribution in [0.1, 0.15) is 37.8 Å². The number of hydrogen-bond donors (Lipinski definition) is 1. The van der Waals surface area contributed by atoms with Gasteiger partial charge < -0.3 is 10.2 Å². The minimum Gasteiger partial charge on any atom is -0.339 e. The van der Waals surface area contributed by atoms with E-state index in [1.165, 1.54) is 6.42 Å². The van der Waals surface area contributed by atoms with Gasteiger partial charge in [-0.1, -0.05) is 43.7 Å². The van der Waals surface area contributed by atoms with Crippen LogP contribution in [0.4, 0.5) is 0 Å². The van der Waals surface area contributed by atoms with Gasteiger partial charge in [0.05, 0.1) is 6.54 Å². The molecule has 2 amide bonds. The van der Waals surface area contributed by atoms with E-state index in [4.69, 9.17) is 0 Å². The summed E-state index contributed by atoms with van der Waals surface area (Å²) < 4.78 is 0. The van der Waals surface area contributed by atoms with Crippen molar-refractivity contribution in [1.29, 1.82) is 0 Å². The predicted octanol–water partition coefficient (Wildman–Crippen LogP) is 1.88. The molecule has 1 aromatic carbocycles. The minimum absolute atomic E-state index is 0.0175. The van der Waals surface area contributed by atoms with Crippen molar-refractivity contribution in [3.05, 3.63) is 35.9 Å². The Balaban J connectivity index is 1.79. The summed E-state index contributed by atoms with van der Waals surface area (Å²) in [4.78, 5) is 26.2. The zero-order valence-corrected chi connectivity index (χ0v) is 11.8. The maximum Gasteiger partial charge on any atom is 0.250 e. The highest BCUT2D eigenvalue weighted by atomic mass is 16.2. The Kier molecular flexibility index (Phi) is 3.24. The van der Waals surface area contributed by atoms with E-state index in [-0.39, 0.29) is 23.8 Å². The van der Waals surface area contributed by atoms with E-state index in [0.29, 0.717) is 6.54 Å². The summed E-state index contributed by atoms with van der Waals surface area (Å²) >= 11 is 0. The van der Waals surface area contributed by atoms with Crippen molar-refractivity contribution in [3.8, 4) is 0 Å². The van der Waals surface area contributed by atoms with E-state index in [9.17, 15) is 9.59 Å². The largest absolute Gasteiger partial charge is 0.339 e. The minimum atomic E-state index is -0.527. The summed E-state index contributed by atoms with van der Waals surface area (Å²) in [5.74, 6) is -0.0506.